The van der Waals surface area contributed by atoms with Crippen LogP contribution in [-0.2, 0) is 14.3 Å². The first-order chi connectivity index (χ1) is 11.1. The highest BCUT2D eigenvalue weighted by Crippen LogP contribution is 2.49. The number of hydrogen-bond donors (Lipinski definition) is 1. The van der Waals surface area contributed by atoms with Gasteiger partial charge in [0, 0.05) is 17.0 Å². The second-order valence-corrected chi connectivity index (χ2v) is 7.46. The largest absolute Gasteiger partial charge is 0.456 e. The first-order valence-corrected chi connectivity index (χ1v) is 9.46. The Morgan fingerprint density at radius 1 is 1.30 bits per heavy atom. The zero-order valence-corrected chi connectivity index (χ0v) is 14.2. The summed E-state index contributed by atoms with van der Waals surface area (Å²) >= 11 is 1.62. The number of nitrogens with one attached hydrogen (secondary N) is 1. The van der Waals surface area contributed by atoms with Crippen molar-refractivity contribution in [2.75, 3.05) is 18.2 Å². The molecule has 3 unspecified atom stereocenters. The second-order valence-electron chi connectivity index (χ2n) is 6.58. The predicted molar refractivity (Wildman–Crippen MR) is 91.4 cm³/mol. The number of benzene rings is 1. The van der Waals surface area contributed by atoms with Crippen LogP contribution in [-0.4, -0.2) is 24.7 Å². The summed E-state index contributed by atoms with van der Waals surface area (Å²) < 4.78 is 5.15. The van der Waals surface area contributed by atoms with Crippen LogP contribution in [0.4, 0.5) is 5.69 Å². The Hall–Kier alpha value is -1.49. The van der Waals surface area contributed by atoms with E-state index in [1.165, 1.54) is 19.3 Å². The van der Waals surface area contributed by atoms with E-state index in [4.69, 9.17) is 4.74 Å². The maximum absolute atomic E-state index is 11.9. The Morgan fingerprint density at radius 2 is 2.17 bits per heavy atom. The zero-order valence-electron chi connectivity index (χ0n) is 13.4. The highest BCUT2D eigenvalue weighted by atomic mass is 32.2. The van der Waals surface area contributed by atoms with Crippen molar-refractivity contribution in [2.45, 2.75) is 37.0 Å². The van der Waals surface area contributed by atoms with E-state index >= 15 is 0 Å². The number of hydrogen-bond acceptors (Lipinski definition) is 4. The number of esters is 1. The van der Waals surface area contributed by atoms with Crippen LogP contribution >= 0.6 is 11.8 Å². The van der Waals surface area contributed by atoms with Crippen LogP contribution in [0.5, 0.6) is 0 Å². The van der Waals surface area contributed by atoms with E-state index in [9.17, 15) is 9.59 Å². The molecule has 0 spiro atoms. The molecule has 2 saturated carbocycles. The summed E-state index contributed by atoms with van der Waals surface area (Å²) in [7, 11) is 0. The Balaban J connectivity index is 1.40. The minimum Gasteiger partial charge on any atom is -0.456 e. The van der Waals surface area contributed by atoms with Gasteiger partial charge in [0.25, 0.3) is 5.91 Å². The van der Waals surface area contributed by atoms with Gasteiger partial charge in [0.2, 0.25) is 0 Å². The number of ether oxygens (including phenoxy) is 1. The minimum atomic E-state index is -0.287. The summed E-state index contributed by atoms with van der Waals surface area (Å²) in [4.78, 5) is 24.9. The van der Waals surface area contributed by atoms with E-state index in [0.29, 0.717) is 18.3 Å². The summed E-state index contributed by atoms with van der Waals surface area (Å²) in [5.74, 6) is 1.48. The first kappa shape index (κ1) is 16.4. The van der Waals surface area contributed by atoms with Gasteiger partial charge in [0.15, 0.2) is 6.61 Å². The van der Waals surface area contributed by atoms with Crippen molar-refractivity contribution in [3.8, 4) is 0 Å². The molecular formula is C18H23NO3S. The van der Waals surface area contributed by atoms with Gasteiger partial charge in [-0.25, -0.2) is 0 Å². The Labute approximate surface area is 141 Å². The lowest BCUT2D eigenvalue weighted by Gasteiger charge is -2.20. The molecule has 0 heterocycles. The third-order valence-electron chi connectivity index (χ3n) is 5.03. The fraction of sp³-hybridized carbons (Fsp3) is 0.556. The Kier molecular flexibility index (Phi) is 5.26. The number of thioether (sulfide) groups is 1. The van der Waals surface area contributed by atoms with Crippen molar-refractivity contribution < 1.29 is 14.3 Å². The fourth-order valence-electron chi connectivity index (χ4n) is 3.94. The van der Waals surface area contributed by atoms with Gasteiger partial charge < -0.3 is 10.1 Å². The average molecular weight is 333 g/mol. The molecule has 4 nitrogen and oxygen atoms in total. The van der Waals surface area contributed by atoms with E-state index in [0.717, 1.165) is 22.9 Å². The average Bonchev–Trinajstić information content (AvgIpc) is 3.16. The van der Waals surface area contributed by atoms with Crippen LogP contribution in [0.3, 0.4) is 0 Å². The molecule has 0 aliphatic heterocycles. The summed E-state index contributed by atoms with van der Waals surface area (Å²) in [6.07, 6.45) is 7.48. The molecule has 1 aromatic carbocycles. The zero-order chi connectivity index (χ0) is 16.2. The molecule has 2 aliphatic rings. The lowest BCUT2D eigenvalue weighted by atomic mass is 9.86. The molecule has 2 fully saturated rings. The van der Waals surface area contributed by atoms with Crippen LogP contribution in [0, 0.1) is 17.8 Å². The van der Waals surface area contributed by atoms with E-state index in [2.05, 4.69) is 5.32 Å². The van der Waals surface area contributed by atoms with Crippen molar-refractivity contribution >= 4 is 29.3 Å². The van der Waals surface area contributed by atoms with Crippen molar-refractivity contribution in [2.24, 2.45) is 17.8 Å². The monoisotopic (exact) mass is 333 g/mol. The molecule has 124 valence electrons. The van der Waals surface area contributed by atoms with Crippen LogP contribution in [0.25, 0.3) is 0 Å². The lowest BCUT2D eigenvalue weighted by Crippen LogP contribution is -2.23. The van der Waals surface area contributed by atoms with Gasteiger partial charge in [-0.15, -0.1) is 11.8 Å². The third kappa shape index (κ3) is 4.28. The van der Waals surface area contributed by atoms with Gasteiger partial charge in [-0.2, -0.15) is 0 Å². The molecule has 3 rings (SSSR count). The van der Waals surface area contributed by atoms with Crippen LogP contribution < -0.4 is 5.32 Å². The van der Waals surface area contributed by atoms with Crippen molar-refractivity contribution in [1.82, 2.24) is 0 Å². The summed E-state index contributed by atoms with van der Waals surface area (Å²) in [5.41, 5.74) is 0.728. The molecule has 1 N–H and O–H groups in total. The summed E-state index contributed by atoms with van der Waals surface area (Å²) in [6.45, 7) is -0.205. The highest BCUT2D eigenvalue weighted by molar-refractivity contribution is 7.98. The molecule has 3 atom stereocenters. The van der Waals surface area contributed by atoms with Crippen LogP contribution in [0.15, 0.2) is 29.2 Å². The van der Waals surface area contributed by atoms with Crippen LogP contribution in [0.1, 0.15) is 32.1 Å². The smallest absolute Gasteiger partial charge is 0.306 e. The molecule has 0 saturated heterocycles. The Bertz CT molecular complexity index is 589. The van der Waals surface area contributed by atoms with E-state index in [1.54, 1.807) is 11.8 Å². The molecule has 2 bridgehead atoms. The first-order valence-electron chi connectivity index (χ1n) is 8.23. The lowest BCUT2D eigenvalue weighted by molar-refractivity contribution is -0.148. The van der Waals surface area contributed by atoms with E-state index < -0.39 is 0 Å². The number of fused-ring (bicyclic) bond motifs is 2. The quantitative estimate of drug-likeness (QED) is 0.637. The van der Waals surface area contributed by atoms with Crippen molar-refractivity contribution in [3.05, 3.63) is 24.3 Å². The van der Waals surface area contributed by atoms with Gasteiger partial charge in [-0.3, -0.25) is 9.59 Å². The number of rotatable bonds is 6. The van der Waals surface area contributed by atoms with Gasteiger partial charge in [0.05, 0.1) is 0 Å². The third-order valence-corrected chi connectivity index (χ3v) is 5.76. The normalized spacial score (nSPS) is 25.3. The topological polar surface area (TPSA) is 55.4 Å². The molecule has 2 aliphatic carbocycles. The predicted octanol–water partition coefficient (Wildman–Crippen LogP) is 3.72. The highest BCUT2D eigenvalue weighted by Gasteiger charge is 2.40. The van der Waals surface area contributed by atoms with E-state index in [-0.39, 0.29) is 18.5 Å². The minimum absolute atomic E-state index is 0.205. The van der Waals surface area contributed by atoms with Gasteiger partial charge in [0.1, 0.15) is 0 Å². The SMILES string of the molecule is CSc1cccc(NC(=O)COC(=O)CC2CC3CCC2C3)c1. The molecule has 5 heteroatoms. The fourth-order valence-corrected chi connectivity index (χ4v) is 4.40. The molecule has 23 heavy (non-hydrogen) atoms. The maximum Gasteiger partial charge on any atom is 0.306 e. The van der Waals surface area contributed by atoms with Gasteiger partial charge in [-0.05, 0) is 61.5 Å². The molecule has 0 aromatic heterocycles. The number of amides is 1. The van der Waals surface area contributed by atoms with Gasteiger partial charge in [-0.1, -0.05) is 12.5 Å². The second kappa shape index (κ2) is 7.39. The number of carbonyl (C=O) groups excluding carboxylic acids is 2. The van der Waals surface area contributed by atoms with Crippen molar-refractivity contribution in [1.29, 1.82) is 0 Å². The standard InChI is InChI=1S/C18H23NO3S/c1-23-16-4-2-3-15(10-16)19-17(20)11-22-18(21)9-14-8-12-5-6-13(14)7-12/h2-4,10,12-14H,5-9,11H2,1H3,(H,19,20). The van der Waals surface area contributed by atoms with Gasteiger partial charge >= 0.3 is 5.97 Å². The Morgan fingerprint density at radius 3 is 2.87 bits per heavy atom. The molecule has 1 amide bonds. The van der Waals surface area contributed by atoms with Crippen molar-refractivity contribution in [3.63, 3.8) is 0 Å². The van der Waals surface area contributed by atoms with E-state index in [1.807, 2.05) is 30.5 Å². The number of carbonyl (C=O) groups is 2. The van der Waals surface area contributed by atoms with Crippen LogP contribution in [0.2, 0.25) is 0 Å². The summed E-state index contributed by atoms with van der Waals surface area (Å²) in [5, 5.41) is 2.76. The molecule has 0 radical (unpaired) electrons. The maximum atomic E-state index is 11.9. The molecule has 1 aromatic rings. The summed E-state index contributed by atoms with van der Waals surface area (Å²) in [6, 6.07) is 7.60. The number of anilines is 1. The molecular weight excluding hydrogens is 310 g/mol.